The van der Waals surface area contributed by atoms with E-state index in [1.807, 2.05) is 18.2 Å². The highest BCUT2D eigenvalue weighted by molar-refractivity contribution is 5.92. The summed E-state index contributed by atoms with van der Waals surface area (Å²) in [6.07, 6.45) is 3.82. The molecule has 0 saturated carbocycles. The van der Waals surface area contributed by atoms with Crippen LogP contribution in [0.25, 0.3) is 0 Å². The normalized spacial score (nSPS) is 18.8. The van der Waals surface area contributed by atoms with E-state index in [9.17, 15) is 0 Å². The number of nitrogens with zero attached hydrogens (tertiary/aromatic N) is 2. The number of oxazole rings is 1. The van der Waals surface area contributed by atoms with Crippen LogP contribution in [0, 0.1) is 0 Å². The lowest BCUT2D eigenvalue weighted by molar-refractivity contribution is 0.316. The molecule has 2 aromatic rings. The number of hydrogen-bond donors (Lipinski definition) is 0. The van der Waals surface area contributed by atoms with Crippen LogP contribution in [0.1, 0.15) is 11.3 Å². The van der Waals surface area contributed by atoms with E-state index in [2.05, 4.69) is 22.1 Å². The first-order valence-corrected chi connectivity index (χ1v) is 5.55. The van der Waals surface area contributed by atoms with Crippen LogP contribution < -0.4 is 0 Å². The summed E-state index contributed by atoms with van der Waals surface area (Å²) in [5, 5.41) is 0. The van der Waals surface area contributed by atoms with Crippen molar-refractivity contribution in [3.63, 3.8) is 0 Å². The minimum atomic E-state index is 0.170. The standard InChI is InChI=1S/C13H12N2O2/c1-2-4-10(5-3-1)6-11-7-17-13(15-11)12-8-16-9-14-12/h1-5,8-9,11H,6-7H2. The molecule has 0 bridgehead atoms. The average Bonchev–Trinajstić information content (AvgIpc) is 3.00. The molecular formula is C13H12N2O2. The second kappa shape index (κ2) is 4.41. The van der Waals surface area contributed by atoms with Gasteiger partial charge in [-0.2, -0.15) is 0 Å². The van der Waals surface area contributed by atoms with E-state index in [4.69, 9.17) is 9.15 Å². The Morgan fingerprint density at radius 2 is 2.12 bits per heavy atom. The predicted molar refractivity (Wildman–Crippen MR) is 62.9 cm³/mol. The molecule has 3 rings (SSSR count). The molecule has 1 aromatic carbocycles. The van der Waals surface area contributed by atoms with E-state index in [-0.39, 0.29) is 6.04 Å². The maximum Gasteiger partial charge on any atom is 0.239 e. The zero-order chi connectivity index (χ0) is 11.5. The van der Waals surface area contributed by atoms with Crippen LogP contribution in [-0.4, -0.2) is 23.5 Å². The molecule has 1 aliphatic rings. The third-order valence-electron chi connectivity index (χ3n) is 2.68. The summed E-state index contributed by atoms with van der Waals surface area (Å²) in [4.78, 5) is 8.51. The zero-order valence-corrected chi connectivity index (χ0v) is 9.24. The molecule has 1 atom stereocenters. The van der Waals surface area contributed by atoms with Crippen molar-refractivity contribution >= 4 is 5.90 Å². The lowest BCUT2D eigenvalue weighted by Gasteiger charge is -2.03. The molecule has 0 radical (unpaired) electrons. The van der Waals surface area contributed by atoms with Gasteiger partial charge < -0.3 is 9.15 Å². The van der Waals surface area contributed by atoms with Gasteiger partial charge in [0.25, 0.3) is 0 Å². The first-order chi connectivity index (χ1) is 8.42. The highest BCUT2D eigenvalue weighted by Crippen LogP contribution is 2.14. The molecular weight excluding hydrogens is 216 g/mol. The monoisotopic (exact) mass is 228 g/mol. The van der Waals surface area contributed by atoms with Crippen LogP contribution in [0.4, 0.5) is 0 Å². The minimum absolute atomic E-state index is 0.170. The predicted octanol–water partition coefficient (Wildman–Crippen LogP) is 2.06. The van der Waals surface area contributed by atoms with E-state index < -0.39 is 0 Å². The summed E-state index contributed by atoms with van der Waals surface area (Å²) >= 11 is 0. The van der Waals surface area contributed by atoms with Gasteiger partial charge in [-0.05, 0) is 12.0 Å². The maximum atomic E-state index is 5.51. The van der Waals surface area contributed by atoms with Gasteiger partial charge in [-0.15, -0.1) is 0 Å². The van der Waals surface area contributed by atoms with Gasteiger partial charge in [0.15, 0.2) is 12.1 Å². The van der Waals surface area contributed by atoms with E-state index in [1.54, 1.807) is 6.26 Å². The molecule has 0 aliphatic carbocycles. The Bertz CT molecular complexity index is 505. The molecule has 0 saturated heterocycles. The fourth-order valence-electron chi connectivity index (χ4n) is 1.86. The summed E-state index contributed by atoms with van der Waals surface area (Å²) in [5.41, 5.74) is 1.94. The molecule has 0 N–H and O–H groups in total. The molecule has 1 aromatic heterocycles. The Balaban J connectivity index is 1.71. The van der Waals surface area contributed by atoms with Crippen molar-refractivity contribution < 1.29 is 9.15 Å². The highest BCUT2D eigenvalue weighted by Gasteiger charge is 2.21. The molecule has 2 heterocycles. The van der Waals surface area contributed by atoms with Crippen LogP contribution in [0.15, 0.2) is 52.4 Å². The van der Waals surface area contributed by atoms with Crippen molar-refractivity contribution in [2.24, 2.45) is 4.99 Å². The molecule has 4 heteroatoms. The Labute approximate surface area is 99.0 Å². The highest BCUT2D eigenvalue weighted by atomic mass is 16.5. The summed E-state index contributed by atoms with van der Waals surface area (Å²) < 4.78 is 10.4. The molecule has 1 aliphatic heterocycles. The second-order valence-electron chi connectivity index (χ2n) is 3.96. The number of benzene rings is 1. The molecule has 0 fully saturated rings. The summed E-state index contributed by atoms with van der Waals surface area (Å²) in [5.74, 6) is 0.583. The van der Waals surface area contributed by atoms with Gasteiger partial charge in [0, 0.05) is 0 Å². The molecule has 1 unspecified atom stereocenters. The number of aromatic nitrogens is 1. The van der Waals surface area contributed by atoms with Gasteiger partial charge in [0.2, 0.25) is 5.90 Å². The minimum Gasteiger partial charge on any atom is -0.474 e. The summed E-state index contributed by atoms with van der Waals surface area (Å²) in [6, 6.07) is 10.5. The molecule has 86 valence electrons. The Kier molecular flexibility index (Phi) is 2.62. The quantitative estimate of drug-likeness (QED) is 0.807. The number of ether oxygens (including phenoxy) is 1. The Morgan fingerprint density at radius 1 is 1.24 bits per heavy atom. The van der Waals surface area contributed by atoms with Crippen molar-refractivity contribution in [3.05, 3.63) is 54.2 Å². The van der Waals surface area contributed by atoms with E-state index >= 15 is 0 Å². The van der Waals surface area contributed by atoms with Crippen LogP contribution >= 0.6 is 0 Å². The summed E-state index contributed by atoms with van der Waals surface area (Å²) in [6.45, 7) is 0.608. The molecule has 0 spiro atoms. The van der Waals surface area contributed by atoms with Gasteiger partial charge in [-0.25, -0.2) is 9.98 Å². The third kappa shape index (κ3) is 2.20. The number of aliphatic imine (C=N–C) groups is 1. The van der Waals surface area contributed by atoms with Gasteiger partial charge in [-0.1, -0.05) is 30.3 Å². The lowest BCUT2D eigenvalue weighted by Crippen LogP contribution is -2.09. The van der Waals surface area contributed by atoms with Gasteiger partial charge >= 0.3 is 0 Å². The SMILES string of the molecule is c1ccc(CC2COC(c3cocn3)=N2)cc1. The van der Waals surface area contributed by atoms with Crippen molar-refractivity contribution in [1.82, 2.24) is 4.98 Å². The maximum absolute atomic E-state index is 5.51. The zero-order valence-electron chi connectivity index (χ0n) is 9.24. The average molecular weight is 228 g/mol. The fraction of sp³-hybridized carbons (Fsp3) is 0.231. The van der Waals surface area contributed by atoms with Crippen molar-refractivity contribution in [3.8, 4) is 0 Å². The molecule has 0 amide bonds. The second-order valence-corrected chi connectivity index (χ2v) is 3.96. The van der Waals surface area contributed by atoms with Crippen LogP contribution in [0.2, 0.25) is 0 Å². The Hall–Kier alpha value is -2.10. The first-order valence-electron chi connectivity index (χ1n) is 5.55. The van der Waals surface area contributed by atoms with Crippen LogP contribution in [0.3, 0.4) is 0 Å². The topological polar surface area (TPSA) is 47.6 Å². The van der Waals surface area contributed by atoms with Crippen LogP contribution in [0.5, 0.6) is 0 Å². The van der Waals surface area contributed by atoms with Crippen molar-refractivity contribution in [2.75, 3.05) is 6.61 Å². The van der Waals surface area contributed by atoms with Crippen molar-refractivity contribution in [1.29, 1.82) is 0 Å². The fourth-order valence-corrected chi connectivity index (χ4v) is 1.86. The molecule has 4 nitrogen and oxygen atoms in total. The smallest absolute Gasteiger partial charge is 0.239 e. The number of rotatable bonds is 3. The van der Waals surface area contributed by atoms with Gasteiger partial charge in [0.05, 0.1) is 6.04 Å². The van der Waals surface area contributed by atoms with Gasteiger partial charge in [-0.3, -0.25) is 0 Å². The van der Waals surface area contributed by atoms with E-state index in [0.717, 1.165) is 6.42 Å². The third-order valence-corrected chi connectivity index (χ3v) is 2.68. The van der Waals surface area contributed by atoms with E-state index in [0.29, 0.717) is 18.2 Å². The lowest BCUT2D eigenvalue weighted by atomic mass is 10.1. The molecule has 17 heavy (non-hydrogen) atoms. The van der Waals surface area contributed by atoms with Crippen molar-refractivity contribution in [2.45, 2.75) is 12.5 Å². The summed E-state index contributed by atoms with van der Waals surface area (Å²) in [7, 11) is 0. The van der Waals surface area contributed by atoms with Crippen LogP contribution in [-0.2, 0) is 11.2 Å². The first kappa shape index (κ1) is 10.1. The largest absolute Gasteiger partial charge is 0.474 e. The van der Waals surface area contributed by atoms with E-state index in [1.165, 1.54) is 12.0 Å². The van der Waals surface area contributed by atoms with Gasteiger partial charge in [0.1, 0.15) is 12.9 Å². The number of hydrogen-bond acceptors (Lipinski definition) is 4. The Morgan fingerprint density at radius 3 is 2.88 bits per heavy atom.